The number of pyridine rings is 1. The van der Waals surface area contributed by atoms with Crippen molar-refractivity contribution < 1.29 is 22.4 Å². The molecule has 40 heavy (non-hydrogen) atoms. The average Bonchev–Trinajstić information content (AvgIpc) is 2.94. The summed E-state index contributed by atoms with van der Waals surface area (Å²) in [5.74, 6) is -2.31. The Kier molecular flexibility index (Phi) is 8.87. The molecule has 212 valence electrons. The fourth-order valence-electron chi connectivity index (χ4n) is 5.36. The van der Waals surface area contributed by atoms with Gasteiger partial charge in [0, 0.05) is 74.8 Å². The molecule has 6 nitrogen and oxygen atoms in total. The number of carbonyl (C=O) groups excluding carboxylic acids is 1. The van der Waals surface area contributed by atoms with Crippen molar-refractivity contribution in [3.05, 3.63) is 93.6 Å². The zero-order valence-electron chi connectivity index (χ0n) is 21.9. The van der Waals surface area contributed by atoms with Crippen LogP contribution in [0.1, 0.15) is 34.3 Å². The molecule has 3 aromatic rings. The van der Waals surface area contributed by atoms with Gasteiger partial charge in [-0.3, -0.25) is 14.6 Å². The fourth-order valence-corrected chi connectivity index (χ4v) is 5.65. The maximum Gasteiger partial charge on any atom is 0.253 e. The normalized spacial score (nSPS) is 17.3. The van der Waals surface area contributed by atoms with E-state index in [1.54, 1.807) is 6.07 Å². The molecule has 0 bridgehead atoms. The van der Waals surface area contributed by atoms with Gasteiger partial charge in [0.25, 0.3) is 5.91 Å². The third kappa shape index (κ3) is 6.74. The van der Waals surface area contributed by atoms with Crippen molar-refractivity contribution in [2.45, 2.75) is 32.0 Å². The molecular weight excluding hydrogens is 546 g/mol. The largest absolute Gasteiger partial charge is 0.353 e. The number of anilines is 1. The number of nitrogens with zero attached hydrogens (tertiary/aromatic N) is 4. The summed E-state index contributed by atoms with van der Waals surface area (Å²) >= 11 is 6.50. The summed E-state index contributed by atoms with van der Waals surface area (Å²) in [6.45, 7) is 5.27. The molecule has 1 aromatic heterocycles. The maximum atomic E-state index is 14.0. The smallest absolute Gasteiger partial charge is 0.253 e. The van der Waals surface area contributed by atoms with Crippen LogP contribution in [0.15, 0.2) is 48.7 Å². The number of carbonyl (C=O) groups is 1. The number of nitrogens with one attached hydrogen (secondary N) is 1. The first-order chi connectivity index (χ1) is 19.3. The Balaban J connectivity index is 1.09. The standard InChI is InChI=1S/C29H30ClF4N5O/c30-25-13-21(29(40)36-16-19-1-3-22(31)14-26(19)33)17-35-28(25)39-11-9-38(10-12-39)24-5-7-37(8-6-24)18-20-2-4-23(32)15-27(20)34/h1-4,13-15,17,24H,5-12,16,18H2,(H,36,40). The first-order valence-corrected chi connectivity index (χ1v) is 13.7. The molecule has 0 spiro atoms. The Morgan fingerprint density at radius 1 is 0.875 bits per heavy atom. The minimum absolute atomic E-state index is 0.0890. The summed E-state index contributed by atoms with van der Waals surface area (Å²) < 4.78 is 54.1. The van der Waals surface area contributed by atoms with Crippen molar-refractivity contribution in [1.82, 2.24) is 20.1 Å². The van der Waals surface area contributed by atoms with Crippen molar-refractivity contribution in [2.75, 3.05) is 44.2 Å². The summed E-state index contributed by atoms with van der Waals surface area (Å²) in [7, 11) is 0. The molecule has 2 aromatic carbocycles. The van der Waals surface area contributed by atoms with Gasteiger partial charge < -0.3 is 10.2 Å². The third-order valence-electron chi connectivity index (χ3n) is 7.63. The predicted octanol–water partition coefficient (Wildman–Crippen LogP) is 5.01. The molecule has 1 N–H and O–H groups in total. The summed E-state index contributed by atoms with van der Waals surface area (Å²) in [5.41, 5.74) is 0.945. The van der Waals surface area contributed by atoms with E-state index in [1.807, 2.05) is 0 Å². The molecule has 0 atom stereocenters. The first-order valence-electron chi connectivity index (χ1n) is 13.3. The van der Waals surface area contributed by atoms with E-state index in [4.69, 9.17) is 11.6 Å². The lowest BCUT2D eigenvalue weighted by molar-refractivity contribution is 0.0950. The van der Waals surface area contributed by atoms with E-state index in [9.17, 15) is 22.4 Å². The minimum Gasteiger partial charge on any atom is -0.353 e. The fraction of sp³-hybridized carbons (Fsp3) is 0.379. The SMILES string of the molecule is O=C(NCc1ccc(F)cc1F)c1cnc(N2CCN(C3CCN(Cc4ccc(F)cc4F)CC3)CC2)c(Cl)c1. The number of hydrogen-bond donors (Lipinski definition) is 1. The van der Waals surface area contributed by atoms with Gasteiger partial charge in [0.15, 0.2) is 0 Å². The summed E-state index contributed by atoms with van der Waals surface area (Å²) in [6, 6.07) is 8.94. The highest BCUT2D eigenvalue weighted by molar-refractivity contribution is 6.33. The number of amides is 1. The first kappa shape index (κ1) is 28.3. The van der Waals surface area contributed by atoms with Crippen LogP contribution in [0.2, 0.25) is 5.02 Å². The molecule has 2 fully saturated rings. The van der Waals surface area contributed by atoms with Crippen molar-refractivity contribution in [1.29, 1.82) is 0 Å². The summed E-state index contributed by atoms with van der Waals surface area (Å²) in [5, 5.41) is 2.96. The highest BCUT2D eigenvalue weighted by Gasteiger charge is 2.29. The number of likely N-dealkylation sites (tertiary alicyclic amines) is 1. The number of halogens is 5. The molecule has 11 heteroatoms. The van der Waals surface area contributed by atoms with Crippen molar-refractivity contribution in [3.8, 4) is 0 Å². The number of hydrogen-bond acceptors (Lipinski definition) is 5. The Bertz CT molecular complexity index is 1360. The second-order valence-electron chi connectivity index (χ2n) is 10.2. The Hall–Kier alpha value is -3.21. The van der Waals surface area contributed by atoms with Crippen LogP contribution >= 0.6 is 11.6 Å². The molecule has 0 aliphatic carbocycles. The molecule has 0 saturated carbocycles. The molecule has 2 aliphatic heterocycles. The predicted molar refractivity (Wildman–Crippen MR) is 145 cm³/mol. The van der Waals surface area contributed by atoms with Gasteiger partial charge in [-0.2, -0.15) is 0 Å². The summed E-state index contributed by atoms with van der Waals surface area (Å²) in [6.07, 6.45) is 3.41. The lowest BCUT2D eigenvalue weighted by Gasteiger charge is -2.43. The summed E-state index contributed by atoms with van der Waals surface area (Å²) in [4.78, 5) is 23.8. The average molecular weight is 576 g/mol. The maximum absolute atomic E-state index is 14.0. The van der Waals surface area contributed by atoms with Gasteiger partial charge in [0.2, 0.25) is 0 Å². The Morgan fingerprint density at radius 3 is 2.10 bits per heavy atom. The van der Waals surface area contributed by atoms with Crippen molar-refractivity contribution in [3.63, 3.8) is 0 Å². The van der Waals surface area contributed by atoms with E-state index < -0.39 is 29.2 Å². The van der Waals surface area contributed by atoms with Crippen LogP contribution in [0.5, 0.6) is 0 Å². The minimum atomic E-state index is -0.725. The van der Waals surface area contributed by atoms with Crippen LogP contribution in [0.3, 0.4) is 0 Å². The number of piperidine rings is 1. The lowest BCUT2D eigenvalue weighted by Crippen LogP contribution is -2.53. The van der Waals surface area contributed by atoms with Crippen LogP contribution in [-0.4, -0.2) is 66.0 Å². The number of piperazine rings is 1. The second kappa shape index (κ2) is 12.5. The Labute approximate surface area is 235 Å². The molecule has 2 aliphatic rings. The number of aromatic nitrogens is 1. The van der Waals surface area contributed by atoms with Crippen LogP contribution in [0.25, 0.3) is 0 Å². The van der Waals surface area contributed by atoms with Gasteiger partial charge >= 0.3 is 0 Å². The Morgan fingerprint density at radius 2 is 1.50 bits per heavy atom. The van der Waals surface area contributed by atoms with E-state index in [1.165, 1.54) is 24.4 Å². The second-order valence-corrected chi connectivity index (χ2v) is 10.6. The zero-order chi connectivity index (χ0) is 28.2. The highest BCUT2D eigenvalue weighted by atomic mass is 35.5. The van der Waals surface area contributed by atoms with E-state index in [0.29, 0.717) is 29.0 Å². The van der Waals surface area contributed by atoms with Gasteiger partial charge in [0.05, 0.1) is 10.6 Å². The quantitative estimate of drug-likeness (QED) is 0.402. The van der Waals surface area contributed by atoms with E-state index in [2.05, 4.69) is 25.0 Å². The molecule has 3 heterocycles. The molecular formula is C29H30ClF4N5O. The van der Waals surface area contributed by atoms with Gasteiger partial charge in [-0.25, -0.2) is 22.5 Å². The van der Waals surface area contributed by atoms with Crippen LogP contribution in [0, 0.1) is 23.3 Å². The van der Waals surface area contributed by atoms with Crippen molar-refractivity contribution >= 4 is 23.3 Å². The van der Waals surface area contributed by atoms with Crippen LogP contribution in [-0.2, 0) is 13.1 Å². The molecule has 5 rings (SSSR count). The highest BCUT2D eigenvalue weighted by Crippen LogP contribution is 2.27. The molecule has 2 saturated heterocycles. The third-order valence-corrected chi connectivity index (χ3v) is 7.91. The van der Waals surface area contributed by atoms with Crippen LogP contribution < -0.4 is 10.2 Å². The number of benzene rings is 2. The van der Waals surface area contributed by atoms with Crippen molar-refractivity contribution in [2.24, 2.45) is 0 Å². The van der Waals surface area contributed by atoms with E-state index in [0.717, 1.165) is 70.3 Å². The molecule has 0 radical (unpaired) electrons. The van der Waals surface area contributed by atoms with E-state index in [-0.39, 0.29) is 17.7 Å². The van der Waals surface area contributed by atoms with Gasteiger partial charge in [-0.1, -0.05) is 23.7 Å². The van der Waals surface area contributed by atoms with Gasteiger partial charge in [0.1, 0.15) is 29.1 Å². The number of rotatable bonds is 7. The topological polar surface area (TPSA) is 51.7 Å². The zero-order valence-corrected chi connectivity index (χ0v) is 22.6. The van der Waals surface area contributed by atoms with Gasteiger partial charge in [-0.15, -0.1) is 0 Å². The van der Waals surface area contributed by atoms with Gasteiger partial charge in [-0.05, 0) is 44.1 Å². The lowest BCUT2D eigenvalue weighted by atomic mass is 10.0. The molecule has 0 unspecified atom stereocenters. The van der Waals surface area contributed by atoms with Crippen LogP contribution in [0.4, 0.5) is 23.4 Å². The molecule has 1 amide bonds. The monoisotopic (exact) mass is 575 g/mol. The van der Waals surface area contributed by atoms with E-state index >= 15 is 0 Å².